The van der Waals surface area contributed by atoms with E-state index in [-0.39, 0.29) is 29.8 Å². The second-order valence-electron chi connectivity index (χ2n) is 16.3. The van der Waals surface area contributed by atoms with Crippen LogP contribution in [0.2, 0.25) is 0 Å². The SMILES string of the molecule is COc1cc(C(=O)N2C[C@H]3CC[C@@H]2[C@@H]3NC(=O)OC(C)(C)C)cc2nc(-c3cc4cccnc4n3CC3CC3)n(CC3CN(c4cncc(C#N)n4)C3)c12. The van der Waals surface area contributed by atoms with Crippen molar-refractivity contribution < 1.29 is 19.1 Å². The van der Waals surface area contributed by atoms with Crippen LogP contribution in [0.3, 0.4) is 0 Å². The van der Waals surface area contributed by atoms with E-state index in [9.17, 15) is 14.9 Å². The lowest BCUT2D eigenvalue weighted by molar-refractivity contribution is 0.0485. The number of nitrogens with one attached hydrogen (secondary N) is 1. The lowest BCUT2D eigenvalue weighted by atomic mass is 10.00. The molecule has 2 saturated carbocycles. The minimum atomic E-state index is -0.606. The monoisotopic (exact) mass is 728 g/mol. The van der Waals surface area contributed by atoms with E-state index >= 15 is 0 Å². The molecule has 4 aliphatic rings. The fourth-order valence-corrected chi connectivity index (χ4v) is 8.65. The Balaban J connectivity index is 1.07. The van der Waals surface area contributed by atoms with E-state index in [2.05, 4.69) is 47.5 Å². The number of ether oxygens (including phenoxy) is 2. The van der Waals surface area contributed by atoms with Gasteiger partial charge in [-0.15, -0.1) is 0 Å². The summed E-state index contributed by atoms with van der Waals surface area (Å²) in [5.41, 5.74) is 3.62. The highest BCUT2D eigenvalue weighted by molar-refractivity contribution is 6.00. The van der Waals surface area contributed by atoms with Gasteiger partial charge in [0.1, 0.15) is 34.4 Å². The molecule has 6 heterocycles. The number of benzene rings is 1. The molecule has 2 amide bonds. The average Bonchev–Trinajstić information content (AvgIpc) is 3.45. The zero-order valence-corrected chi connectivity index (χ0v) is 31.0. The van der Waals surface area contributed by atoms with Gasteiger partial charge in [-0.25, -0.2) is 19.7 Å². The number of alkyl carbamates (subject to hydrolysis) is 1. The molecule has 2 bridgehead atoms. The van der Waals surface area contributed by atoms with Gasteiger partial charge in [0.05, 0.1) is 42.8 Å². The van der Waals surface area contributed by atoms with Gasteiger partial charge in [0.2, 0.25) is 0 Å². The topological polar surface area (TPSA) is 156 Å². The first-order valence-corrected chi connectivity index (χ1v) is 18.9. The number of rotatable bonds is 9. The number of carbonyl (C=O) groups is 2. The number of anilines is 1. The molecule has 14 nitrogen and oxygen atoms in total. The molecule has 1 N–H and O–H groups in total. The largest absolute Gasteiger partial charge is 0.494 e. The number of pyridine rings is 1. The Morgan fingerprint density at radius 2 is 1.81 bits per heavy atom. The molecular weight excluding hydrogens is 685 g/mol. The number of piperidine rings is 1. The van der Waals surface area contributed by atoms with Crippen LogP contribution >= 0.6 is 0 Å². The van der Waals surface area contributed by atoms with Crippen molar-refractivity contribution in [2.45, 2.75) is 77.2 Å². The summed E-state index contributed by atoms with van der Waals surface area (Å²) in [5, 5.41) is 13.5. The van der Waals surface area contributed by atoms with Gasteiger partial charge in [-0.2, -0.15) is 5.26 Å². The molecule has 0 radical (unpaired) electrons. The summed E-state index contributed by atoms with van der Waals surface area (Å²) in [6, 6.07) is 11.8. The molecule has 2 aliphatic heterocycles. The lowest BCUT2D eigenvalue weighted by Crippen LogP contribution is -2.49. The number of nitrogens with zero attached hydrogens (tertiary/aromatic N) is 9. The van der Waals surface area contributed by atoms with Gasteiger partial charge in [0.25, 0.3) is 5.91 Å². The molecule has 54 heavy (non-hydrogen) atoms. The fourth-order valence-electron chi connectivity index (χ4n) is 8.65. The van der Waals surface area contributed by atoms with E-state index in [0.29, 0.717) is 47.3 Å². The van der Waals surface area contributed by atoms with Crippen molar-refractivity contribution in [1.29, 1.82) is 5.26 Å². The third-order valence-electron chi connectivity index (χ3n) is 11.3. The van der Waals surface area contributed by atoms with Crippen molar-refractivity contribution in [3.63, 3.8) is 0 Å². The third kappa shape index (κ3) is 6.15. The standard InChI is InChI=1S/C40H44N10O4/c1-40(2,3)54-39(52)46-34-26-9-10-30(34)49(22-26)38(51)27-12-29-35(32(14-27)53-4)50(21-24-18-47(19-24)33-17-42-16-28(15-41)44-33)37(45-29)31-13-25-6-5-11-43-36(25)48(31)20-23-7-8-23/h5-6,11-14,16-17,23-24,26,30,34H,7-10,18-22H2,1-4H3,(H,46,52)/t26-,30-,34-/m1/s1. The summed E-state index contributed by atoms with van der Waals surface area (Å²) in [7, 11) is 1.64. The first kappa shape index (κ1) is 34.1. The Kier molecular flexibility index (Phi) is 8.20. The Morgan fingerprint density at radius 3 is 2.57 bits per heavy atom. The van der Waals surface area contributed by atoms with Crippen LogP contribution in [0.25, 0.3) is 33.6 Å². The molecule has 1 aromatic carbocycles. The zero-order valence-electron chi connectivity index (χ0n) is 31.0. The average molecular weight is 729 g/mol. The van der Waals surface area contributed by atoms with Crippen LogP contribution in [-0.2, 0) is 17.8 Å². The first-order chi connectivity index (χ1) is 26.1. The summed E-state index contributed by atoms with van der Waals surface area (Å²) in [5.74, 6) is 3.00. The van der Waals surface area contributed by atoms with Crippen LogP contribution < -0.4 is 15.0 Å². The van der Waals surface area contributed by atoms with Crippen LogP contribution in [0.1, 0.15) is 62.5 Å². The van der Waals surface area contributed by atoms with Gasteiger partial charge < -0.3 is 33.7 Å². The van der Waals surface area contributed by atoms with Crippen LogP contribution in [0, 0.1) is 29.1 Å². The minimum absolute atomic E-state index is 0.100. The smallest absolute Gasteiger partial charge is 0.407 e. The Morgan fingerprint density at radius 1 is 1.00 bits per heavy atom. The highest BCUT2D eigenvalue weighted by atomic mass is 16.6. The number of nitriles is 1. The molecule has 4 aromatic heterocycles. The van der Waals surface area contributed by atoms with E-state index < -0.39 is 11.7 Å². The Bertz CT molecular complexity index is 2330. The van der Waals surface area contributed by atoms with Crippen LogP contribution in [0.4, 0.5) is 10.6 Å². The number of likely N-dealkylation sites (tertiary alicyclic amines) is 1. The number of aromatic nitrogens is 6. The van der Waals surface area contributed by atoms with Crippen LogP contribution in [0.5, 0.6) is 5.75 Å². The minimum Gasteiger partial charge on any atom is -0.494 e. The van der Waals surface area contributed by atoms with E-state index in [1.807, 2.05) is 50.1 Å². The number of hydrogen-bond acceptors (Lipinski definition) is 10. The summed E-state index contributed by atoms with van der Waals surface area (Å²) in [6.45, 7) is 9.10. The van der Waals surface area contributed by atoms with E-state index in [1.54, 1.807) is 13.3 Å². The molecule has 5 aromatic rings. The van der Waals surface area contributed by atoms with Crippen molar-refractivity contribution in [2.24, 2.45) is 17.8 Å². The van der Waals surface area contributed by atoms with Gasteiger partial charge >= 0.3 is 6.09 Å². The first-order valence-electron chi connectivity index (χ1n) is 18.9. The van der Waals surface area contributed by atoms with Crippen LogP contribution in [0.15, 0.2) is 48.9 Å². The molecule has 0 spiro atoms. The van der Waals surface area contributed by atoms with E-state index in [1.165, 1.54) is 19.0 Å². The molecule has 14 heteroatoms. The summed E-state index contributed by atoms with van der Waals surface area (Å²) in [6.07, 6.45) is 8.71. The molecule has 2 saturated heterocycles. The van der Waals surface area contributed by atoms with Gasteiger partial charge in [0.15, 0.2) is 11.5 Å². The number of fused-ring (bicyclic) bond motifs is 4. The molecular formula is C40H44N10O4. The third-order valence-corrected chi connectivity index (χ3v) is 11.3. The summed E-state index contributed by atoms with van der Waals surface area (Å²) in [4.78, 5) is 49.9. The molecule has 278 valence electrons. The quantitative estimate of drug-likeness (QED) is 0.209. The second-order valence-corrected chi connectivity index (χ2v) is 16.3. The van der Waals surface area contributed by atoms with Gasteiger partial charge in [-0.05, 0) is 88.6 Å². The van der Waals surface area contributed by atoms with Gasteiger partial charge in [0, 0.05) is 55.8 Å². The molecule has 0 unspecified atom stereocenters. The zero-order chi connectivity index (χ0) is 37.3. The highest BCUT2D eigenvalue weighted by Gasteiger charge is 2.50. The predicted octanol–water partition coefficient (Wildman–Crippen LogP) is 5.40. The molecule has 2 aliphatic carbocycles. The van der Waals surface area contributed by atoms with E-state index in [4.69, 9.17) is 19.4 Å². The lowest BCUT2D eigenvalue weighted by Gasteiger charge is -2.40. The second kappa shape index (κ2) is 13.0. The number of amides is 2. The van der Waals surface area contributed by atoms with Crippen molar-refractivity contribution in [3.05, 3.63) is 60.2 Å². The summed E-state index contributed by atoms with van der Waals surface area (Å²) >= 11 is 0. The maximum Gasteiger partial charge on any atom is 0.407 e. The van der Waals surface area contributed by atoms with Crippen molar-refractivity contribution >= 4 is 39.9 Å². The number of imidazole rings is 1. The van der Waals surface area contributed by atoms with Gasteiger partial charge in [-0.1, -0.05) is 0 Å². The van der Waals surface area contributed by atoms with E-state index in [0.717, 1.165) is 60.5 Å². The predicted molar refractivity (Wildman–Crippen MR) is 201 cm³/mol. The normalized spacial score (nSPS) is 21.1. The Hall–Kier alpha value is -5.71. The number of carbonyl (C=O) groups excluding carboxylic acids is 2. The highest BCUT2D eigenvalue weighted by Crippen LogP contribution is 2.42. The maximum atomic E-state index is 14.4. The Labute approximate surface area is 313 Å². The molecule has 3 atom stereocenters. The number of hydrogen-bond donors (Lipinski definition) is 1. The van der Waals surface area contributed by atoms with Crippen molar-refractivity contribution in [1.82, 2.24) is 39.3 Å². The van der Waals surface area contributed by atoms with Crippen molar-refractivity contribution in [2.75, 3.05) is 31.6 Å². The fraction of sp³-hybridized carbons (Fsp3) is 0.475. The van der Waals surface area contributed by atoms with Crippen molar-refractivity contribution in [3.8, 4) is 23.3 Å². The van der Waals surface area contributed by atoms with Gasteiger partial charge in [-0.3, -0.25) is 9.78 Å². The molecule has 4 fully saturated rings. The maximum absolute atomic E-state index is 14.4. The summed E-state index contributed by atoms with van der Waals surface area (Å²) < 4.78 is 16.2. The number of methoxy groups -OCH3 is 1. The molecule has 9 rings (SSSR count). The van der Waals surface area contributed by atoms with Crippen LogP contribution in [-0.4, -0.2) is 90.4 Å².